The average molecular weight is 336 g/mol. The predicted molar refractivity (Wildman–Crippen MR) is 93.7 cm³/mol. The van der Waals surface area contributed by atoms with Gasteiger partial charge >= 0.3 is 6.09 Å². The van der Waals surface area contributed by atoms with Crippen LogP contribution in [0.2, 0.25) is 0 Å². The molecule has 0 N–H and O–H groups in total. The predicted octanol–water partition coefficient (Wildman–Crippen LogP) is 3.86. The van der Waals surface area contributed by atoms with Gasteiger partial charge in [-0.05, 0) is 39.2 Å². The van der Waals surface area contributed by atoms with E-state index in [1.54, 1.807) is 4.90 Å². The number of hydrogen-bond donors (Lipinski definition) is 0. The number of ether oxygens (including phenoxy) is 1. The van der Waals surface area contributed by atoms with Crippen LogP contribution in [-0.2, 0) is 11.3 Å². The Morgan fingerprint density at radius 2 is 2.04 bits per heavy atom. The van der Waals surface area contributed by atoms with Gasteiger partial charge in [0.05, 0.1) is 6.67 Å². The van der Waals surface area contributed by atoms with Gasteiger partial charge in [0, 0.05) is 32.2 Å². The summed E-state index contributed by atoms with van der Waals surface area (Å²) in [7, 11) is 0. The highest BCUT2D eigenvalue weighted by atomic mass is 19.1. The zero-order chi connectivity index (χ0) is 17.6. The lowest BCUT2D eigenvalue weighted by atomic mass is 10.2. The van der Waals surface area contributed by atoms with E-state index in [1.165, 1.54) is 5.56 Å². The van der Waals surface area contributed by atoms with Crippen LogP contribution >= 0.6 is 0 Å². The van der Waals surface area contributed by atoms with Crippen molar-refractivity contribution >= 4 is 6.09 Å². The molecule has 1 aliphatic rings. The molecule has 4 nitrogen and oxygen atoms in total. The highest BCUT2D eigenvalue weighted by Crippen LogP contribution is 2.21. The molecule has 0 radical (unpaired) electrons. The maximum atomic E-state index is 12.6. The summed E-state index contributed by atoms with van der Waals surface area (Å²) in [6.07, 6.45) is 0.926. The van der Waals surface area contributed by atoms with Crippen molar-refractivity contribution < 1.29 is 13.9 Å². The first-order valence-electron chi connectivity index (χ1n) is 8.71. The number of halogens is 1. The van der Waals surface area contributed by atoms with Gasteiger partial charge in [0.15, 0.2) is 0 Å². The van der Waals surface area contributed by atoms with Gasteiger partial charge in [0.2, 0.25) is 0 Å². The number of alkyl halides is 1. The lowest BCUT2D eigenvalue weighted by molar-refractivity contribution is 0.0161. The third kappa shape index (κ3) is 5.78. The fourth-order valence-electron chi connectivity index (χ4n) is 3.03. The molecule has 5 heteroatoms. The Morgan fingerprint density at radius 3 is 2.67 bits per heavy atom. The molecule has 1 saturated heterocycles. The first kappa shape index (κ1) is 18.7. The molecule has 0 unspecified atom stereocenters. The van der Waals surface area contributed by atoms with Gasteiger partial charge in [0.1, 0.15) is 5.60 Å². The lowest BCUT2D eigenvalue weighted by Gasteiger charge is -2.31. The van der Waals surface area contributed by atoms with E-state index in [1.807, 2.05) is 39.0 Å². The molecule has 1 fully saturated rings. The van der Waals surface area contributed by atoms with Crippen LogP contribution in [0.1, 0.15) is 39.2 Å². The maximum absolute atomic E-state index is 12.6. The fraction of sp³-hybridized carbons (Fsp3) is 0.632. The van der Waals surface area contributed by atoms with Crippen LogP contribution in [0.25, 0.3) is 0 Å². The van der Waals surface area contributed by atoms with E-state index in [2.05, 4.69) is 17.0 Å². The molecule has 134 valence electrons. The van der Waals surface area contributed by atoms with E-state index in [-0.39, 0.29) is 12.1 Å². The summed E-state index contributed by atoms with van der Waals surface area (Å²) in [6, 6.07) is 10.4. The van der Waals surface area contributed by atoms with Crippen LogP contribution in [0.5, 0.6) is 0 Å². The zero-order valence-electron chi connectivity index (χ0n) is 15.0. The van der Waals surface area contributed by atoms with Crippen LogP contribution in [0.15, 0.2) is 30.3 Å². The zero-order valence-corrected chi connectivity index (χ0v) is 15.0. The summed E-state index contributed by atoms with van der Waals surface area (Å²) >= 11 is 0. The van der Waals surface area contributed by atoms with Crippen molar-refractivity contribution in [1.29, 1.82) is 0 Å². The number of benzene rings is 1. The van der Waals surface area contributed by atoms with Gasteiger partial charge in [-0.3, -0.25) is 9.29 Å². The summed E-state index contributed by atoms with van der Waals surface area (Å²) in [5.74, 6) is 0. The molecular formula is C19H29FN2O2. The van der Waals surface area contributed by atoms with Gasteiger partial charge in [-0.15, -0.1) is 0 Å². The average Bonchev–Trinajstić information content (AvgIpc) is 2.95. The van der Waals surface area contributed by atoms with E-state index in [0.29, 0.717) is 13.0 Å². The summed E-state index contributed by atoms with van der Waals surface area (Å²) in [6.45, 7) is 8.18. The summed E-state index contributed by atoms with van der Waals surface area (Å²) in [5, 5.41) is 0. The van der Waals surface area contributed by atoms with Crippen molar-refractivity contribution in [2.24, 2.45) is 0 Å². The van der Waals surface area contributed by atoms with Crippen molar-refractivity contribution in [2.75, 3.05) is 26.3 Å². The number of carbonyl (C=O) groups excluding carboxylic acids is 1. The molecule has 1 aromatic rings. The van der Waals surface area contributed by atoms with E-state index in [4.69, 9.17) is 4.74 Å². The molecule has 1 aliphatic heterocycles. The standard InChI is InChI=1S/C19H29FN2O2/c1-19(2,3)24-18(23)22(12-7-11-20)17-10-13-21(15-17)14-16-8-5-4-6-9-16/h4-6,8-9,17H,7,10-15H2,1-3H3/t17-/m0/s1. The van der Waals surface area contributed by atoms with E-state index < -0.39 is 12.3 Å². The molecular weight excluding hydrogens is 307 g/mol. The monoisotopic (exact) mass is 336 g/mol. The highest BCUT2D eigenvalue weighted by Gasteiger charge is 2.32. The summed E-state index contributed by atoms with van der Waals surface area (Å²) in [5.41, 5.74) is 0.735. The van der Waals surface area contributed by atoms with Crippen LogP contribution in [0.4, 0.5) is 9.18 Å². The van der Waals surface area contributed by atoms with Gasteiger partial charge in [-0.2, -0.15) is 0 Å². The molecule has 0 spiro atoms. The molecule has 2 rings (SSSR count). The molecule has 0 aromatic heterocycles. The van der Waals surface area contributed by atoms with Crippen molar-refractivity contribution in [3.8, 4) is 0 Å². The second-order valence-corrected chi connectivity index (χ2v) is 7.38. The minimum Gasteiger partial charge on any atom is -0.444 e. The van der Waals surface area contributed by atoms with E-state index >= 15 is 0 Å². The third-order valence-corrected chi connectivity index (χ3v) is 4.10. The van der Waals surface area contributed by atoms with Crippen molar-refractivity contribution in [3.63, 3.8) is 0 Å². The number of amides is 1. The first-order chi connectivity index (χ1) is 11.4. The number of hydrogen-bond acceptors (Lipinski definition) is 3. The molecule has 1 amide bonds. The van der Waals surface area contributed by atoms with Gasteiger partial charge < -0.3 is 9.64 Å². The minimum absolute atomic E-state index is 0.0927. The Labute approximate surface area is 144 Å². The quantitative estimate of drug-likeness (QED) is 0.791. The van der Waals surface area contributed by atoms with Crippen molar-refractivity contribution in [1.82, 2.24) is 9.80 Å². The molecule has 24 heavy (non-hydrogen) atoms. The number of likely N-dealkylation sites (tertiary alicyclic amines) is 1. The van der Waals surface area contributed by atoms with Crippen molar-refractivity contribution in [2.45, 2.75) is 51.8 Å². The molecule has 1 atom stereocenters. The van der Waals surface area contributed by atoms with Crippen LogP contribution < -0.4 is 0 Å². The first-order valence-corrected chi connectivity index (χ1v) is 8.71. The Bertz CT molecular complexity index is 516. The molecule has 1 aromatic carbocycles. The van der Waals surface area contributed by atoms with E-state index in [0.717, 1.165) is 26.1 Å². The molecule has 0 aliphatic carbocycles. The number of carbonyl (C=O) groups is 1. The molecule has 1 heterocycles. The Kier molecular flexibility index (Phi) is 6.60. The topological polar surface area (TPSA) is 32.8 Å². The second-order valence-electron chi connectivity index (χ2n) is 7.38. The Hall–Kier alpha value is -1.62. The SMILES string of the molecule is CC(C)(C)OC(=O)N(CCCF)[C@H]1CCN(Cc2ccccc2)C1. The fourth-order valence-corrected chi connectivity index (χ4v) is 3.03. The van der Waals surface area contributed by atoms with Gasteiger partial charge in [-0.25, -0.2) is 4.79 Å². The summed E-state index contributed by atoms with van der Waals surface area (Å²) in [4.78, 5) is 16.5. The van der Waals surface area contributed by atoms with E-state index in [9.17, 15) is 9.18 Å². The van der Waals surface area contributed by atoms with Crippen LogP contribution in [-0.4, -0.2) is 53.8 Å². The molecule has 0 saturated carbocycles. The molecule has 0 bridgehead atoms. The highest BCUT2D eigenvalue weighted by molar-refractivity contribution is 5.68. The minimum atomic E-state index is -0.534. The Morgan fingerprint density at radius 1 is 1.33 bits per heavy atom. The largest absolute Gasteiger partial charge is 0.444 e. The Balaban J connectivity index is 1.96. The number of rotatable bonds is 6. The number of nitrogens with zero attached hydrogens (tertiary/aromatic N) is 2. The summed E-state index contributed by atoms with van der Waals surface area (Å²) < 4.78 is 18.1. The van der Waals surface area contributed by atoms with Crippen LogP contribution in [0.3, 0.4) is 0 Å². The third-order valence-electron chi connectivity index (χ3n) is 4.10. The maximum Gasteiger partial charge on any atom is 0.410 e. The van der Waals surface area contributed by atoms with Crippen molar-refractivity contribution in [3.05, 3.63) is 35.9 Å². The second kappa shape index (κ2) is 8.47. The van der Waals surface area contributed by atoms with Gasteiger partial charge in [0.25, 0.3) is 0 Å². The lowest BCUT2D eigenvalue weighted by Crippen LogP contribution is -2.45. The normalized spacial score (nSPS) is 18.6. The smallest absolute Gasteiger partial charge is 0.410 e. The van der Waals surface area contributed by atoms with Crippen LogP contribution in [0, 0.1) is 0 Å². The van der Waals surface area contributed by atoms with Gasteiger partial charge in [-0.1, -0.05) is 30.3 Å².